The third kappa shape index (κ3) is 8.40. The molecule has 15 heteroatoms. The second-order valence-electron chi connectivity index (χ2n) is 10.8. The van der Waals surface area contributed by atoms with Crippen LogP contribution in [0.2, 0.25) is 0 Å². The quantitative estimate of drug-likeness (QED) is 0.0816. The van der Waals surface area contributed by atoms with E-state index in [4.69, 9.17) is 23.7 Å². The molecule has 248 valence electrons. The molecule has 45 heavy (non-hydrogen) atoms. The van der Waals surface area contributed by atoms with Gasteiger partial charge in [0.05, 0.1) is 25.9 Å². The molecule has 0 amide bonds. The molecule has 10 unspecified atom stereocenters. The maximum absolute atomic E-state index is 12.8. The van der Waals surface area contributed by atoms with Crippen molar-refractivity contribution in [3.05, 3.63) is 53.6 Å². The highest BCUT2D eigenvalue weighted by atomic mass is 16.7. The van der Waals surface area contributed by atoms with Crippen LogP contribution in [0.25, 0.3) is 6.08 Å². The standard InChI is InChI=1S/C30H38O15/c1-14-24(37)26(39)25(38)22(43-14)13-42-29-27(40)30(41-9-8-16-3-6-18(33)20(35)11-16)44-21(12-31)28(29)45-23(36)7-4-15-2-5-17(32)19(34)10-15/h2-7,10-11,14,21-22,24-35,37-40H,8-9,12-13H2,1H3. The number of phenolic OH excluding ortho intramolecular Hbond substituents is 4. The zero-order valence-electron chi connectivity index (χ0n) is 24.2. The second kappa shape index (κ2) is 15.2. The van der Waals surface area contributed by atoms with Crippen LogP contribution in [0.4, 0.5) is 0 Å². The molecule has 0 bridgehead atoms. The average Bonchev–Trinajstić information content (AvgIpc) is 3.01. The molecule has 0 aliphatic carbocycles. The number of benzene rings is 2. The van der Waals surface area contributed by atoms with Crippen LogP contribution in [0.3, 0.4) is 0 Å². The van der Waals surface area contributed by atoms with E-state index in [2.05, 4.69) is 0 Å². The largest absolute Gasteiger partial charge is 0.504 e. The third-order valence-corrected chi connectivity index (χ3v) is 7.57. The predicted octanol–water partition coefficient (Wildman–Crippen LogP) is -0.973. The minimum Gasteiger partial charge on any atom is -0.504 e. The van der Waals surface area contributed by atoms with Gasteiger partial charge in [0, 0.05) is 6.08 Å². The van der Waals surface area contributed by atoms with Crippen LogP contribution in [0.1, 0.15) is 18.1 Å². The predicted molar refractivity (Wildman–Crippen MR) is 152 cm³/mol. The summed E-state index contributed by atoms with van der Waals surface area (Å²) in [6.45, 7) is 0.303. The van der Waals surface area contributed by atoms with E-state index in [9.17, 15) is 50.8 Å². The summed E-state index contributed by atoms with van der Waals surface area (Å²) < 4.78 is 28.4. The van der Waals surface area contributed by atoms with E-state index in [0.29, 0.717) is 11.1 Å². The number of hydrogen-bond acceptors (Lipinski definition) is 15. The Morgan fingerprint density at radius 1 is 0.800 bits per heavy atom. The lowest BCUT2D eigenvalue weighted by Crippen LogP contribution is -2.63. The summed E-state index contributed by atoms with van der Waals surface area (Å²) in [7, 11) is 0. The Bertz CT molecular complexity index is 1320. The molecule has 0 aromatic heterocycles. The maximum atomic E-state index is 12.8. The fraction of sp³-hybridized carbons (Fsp3) is 0.500. The van der Waals surface area contributed by atoms with Crippen LogP contribution in [0, 0.1) is 0 Å². The van der Waals surface area contributed by atoms with Gasteiger partial charge in [-0.2, -0.15) is 0 Å². The summed E-state index contributed by atoms with van der Waals surface area (Å²) in [4.78, 5) is 12.8. The van der Waals surface area contributed by atoms with Crippen molar-refractivity contribution < 1.29 is 74.4 Å². The average molecular weight is 639 g/mol. The summed E-state index contributed by atoms with van der Waals surface area (Å²) in [6, 6.07) is 8.06. The molecule has 0 saturated carbocycles. The Kier molecular flexibility index (Phi) is 11.6. The summed E-state index contributed by atoms with van der Waals surface area (Å²) in [5.41, 5.74) is 0.948. The number of phenols is 4. The summed E-state index contributed by atoms with van der Waals surface area (Å²) in [6.07, 6.45) is -11.1. The number of carbonyl (C=O) groups is 1. The minimum absolute atomic E-state index is 0.0461. The first kappa shape index (κ1) is 34.4. The van der Waals surface area contributed by atoms with Gasteiger partial charge < -0.3 is 69.6 Å². The molecule has 2 aromatic rings. The third-order valence-electron chi connectivity index (χ3n) is 7.57. The van der Waals surface area contributed by atoms with Gasteiger partial charge in [0.15, 0.2) is 35.4 Å². The first-order valence-corrected chi connectivity index (χ1v) is 14.2. The SMILES string of the molecule is CC1OC(COC2C(O)C(OCCc3ccc(O)c(O)c3)OC(CO)C2OC(=O)C=Cc2ccc(O)c(O)c2)C(O)C(O)C1O. The molecule has 9 N–H and O–H groups in total. The number of ether oxygens (including phenoxy) is 5. The van der Waals surface area contributed by atoms with Crippen LogP contribution in [0.15, 0.2) is 42.5 Å². The van der Waals surface area contributed by atoms with Crippen molar-refractivity contribution in [3.63, 3.8) is 0 Å². The van der Waals surface area contributed by atoms with Crippen molar-refractivity contribution in [1.82, 2.24) is 0 Å². The molecule has 15 nitrogen and oxygen atoms in total. The van der Waals surface area contributed by atoms with Crippen LogP contribution >= 0.6 is 0 Å². The van der Waals surface area contributed by atoms with Gasteiger partial charge in [-0.3, -0.25) is 0 Å². The molecule has 0 spiro atoms. The first-order valence-electron chi connectivity index (χ1n) is 14.2. The van der Waals surface area contributed by atoms with Gasteiger partial charge in [-0.05, 0) is 54.8 Å². The normalized spacial score (nSPS) is 32.0. The van der Waals surface area contributed by atoms with Gasteiger partial charge in [0.1, 0.15) is 42.7 Å². The molecule has 10 atom stereocenters. The summed E-state index contributed by atoms with van der Waals surface area (Å²) in [5.74, 6) is -2.32. The maximum Gasteiger partial charge on any atom is 0.331 e. The molecule has 2 saturated heterocycles. The lowest BCUT2D eigenvalue weighted by atomic mass is 9.95. The molecule has 2 fully saturated rings. The van der Waals surface area contributed by atoms with Gasteiger partial charge in [0.2, 0.25) is 0 Å². The molecule has 4 rings (SSSR count). The fourth-order valence-electron chi connectivity index (χ4n) is 4.99. The highest BCUT2D eigenvalue weighted by Gasteiger charge is 2.50. The van der Waals surface area contributed by atoms with Gasteiger partial charge in [0.25, 0.3) is 0 Å². The van der Waals surface area contributed by atoms with E-state index in [-0.39, 0.29) is 30.3 Å². The number of esters is 1. The smallest absolute Gasteiger partial charge is 0.331 e. The molecular formula is C30H38O15. The number of rotatable bonds is 11. The van der Waals surface area contributed by atoms with E-state index in [0.717, 1.165) is 6.08 Å². The number of aromatic hydroxyl groups is 4. The lowest BCUT2D eigenvalue weighted by Gasteiger charge is -2.44. The van der Waals surface area contributed by atoms with E-state index < -0.39 is 86.2 Å². The van der Waals surface area contributed by atoms with Gasteiger partial charge in [-0.15, -0.1) is 0 Å². The van der Waals surface area contributed by atoms with E-state index in [1.54, 1.807) is 6.07 Å². The first-order chi connectivity index (χ1) is 21.4. The Balaban J connectivity index is 1.49. The number of aliphatic hydroxyl groups excluding tert-OH is 5. The molecule has 0 radical (unpaired) electrons. The van der Waals surface area contributed by atoms with Gasteiger partial charge in [-0.25, -0.2) is 4.79 Å². The summed E-state index contributed by atoms with van der Waals surface area (Å²) in [5, 5.41) is 90.4. The second-order valence-corrected chi connectivity index (χ2v) is 10.8. The van der Waals surface area contributed by atoms with Crippen molar-refractivity contribution in [3.8, 4) is 23.0 Å². The topological polar surface area (TPSA) is 245 Å². The van der Waals surface area contributed by atoms with E-state index in [1.807, 2.05) is 0 Å². The Morgan fingerprint density at radius 2 is 1.49 bits per heavy atom. The van der Waals surface area contributed by atoms with Crippen molar-refractivity contribution in [2.24, 2.45) is 0 Å². The van der Waals surface area contributed by atoms with Gasteiger partial charge in [-0.1, -0.05) is 12.1 Å². The van der Waals surface area contributed by atoms with Crippen molar-refractivity contribution >= 4 is 12.0 Å². The molecular weight excluding hydrogens is 600 g/mol. The van der Waals surface area contributed by atoms with Crippen molar-refractivity contribution in [2.75, 3.05) is 19.8 Å². The molecule has 2 aliphatic rings. The van der Waals surface area contributed by atoms with Crippen LogP contribution in [-0.4, -0.2) is 133 Å². The Morgan fingerprint density at radius 3 is 2.16 bits per heavy atom. The Labute approximate surface area is 257 Å². The number of carbonyl (C=O) groups excluding carboxylic acids is 1. The van der Waals surface area contributed by atoms with Crippen LogP contribution in [0.5, 0.6) is 23.0 Å². The molecule has 2 aromatic carbocycles. The minimum atomic E-state index is -1.62. The molecule has 2 aliphatic heterocycles. The monoisotopic (exact) mass is 638 g/mol. The van der Waals surface area contributed by atoms with Crippen molar-refractivity contribution in [2.45, 2.75) is 74.6 Å². The Hall–Kier alpha value is -3.51. The lowest BCUT2D eigenvalue weighted by molar-refractivity contribution is -0.315. The highest BCUT2D eigenvalue weighted by Crippen LogP contribution is 2.30. The number of aliphatic hydroxyl groups is 5. The van der Waals surface area contributed by atoms with Crippen molar-refractivity contribution in [1.29, 1.82) is 0 Å². The van der Waals surface area contributed by atoms with Crippen LogP contribution in [-0.2, 0) is 34.9 Å². The van der Waals surface area contributed by atoms with Crippen LogP contribution < -0.4 is 0 Å². The summed E-state index contributed by atoms with van der Waals surface area (Å²) >= 11 is 0. The molecule has 2 heterocycles. The highest BCUT2D eigenvalue weighted by molar-refractivity contribution is 5.87. The number of hydrogen-bond donors (Lipinski definition) is 9. The van der Waals surface area contributed by atoms with Gasteiger partial charge >= 0.3 is 5.97 Å². The zero-order valence-corrected chi connectivity index (χ0v) is 24.2. The zero-order chi connectivity index (χ0) is 32.8. The van der Waals surface area contributed by atoms with E-state index in [1.165, 1.54) is 43.3 Å². The fourth-order valence-corrected chi connectivity index (χ4v) is 4.99. The van der Waals surface area contributed by atoms with E-state index >= 15 is 0 Å².